The maximum Gasteiger partial charge on any atom is 0.202 e. The van der Waals surface area contributed by atoms with Crippen LogP contribution < -0.4 is 4.74 Å². The van der Waals surface area contributed by atoms with Gasteiger partial charge in [0.15, 0.2) is 5.15 Å². The molecule has 2 rings (SSSR count). The molecule has 0 radical (unpaired) electrons. The highest BCUT2D eigenvalue weighted by Crippen LogP contribution is 2.27. The summed E-state index contributed by atoms with van der Waals surface area (Å²) in [6.45, 7) is 3.63. The number of aromatic nitrogens is 5. The van der Waals surface area contributed by atoms with Crippen LogP contribution >= 0.6 is 11.6 Å². The molecule has 16 heavy (non-hydrogen) atoms. The van der Waals surface area contributed by atoms with E-state index in [1.54, 1.807) is 11.6 Å². The van der Waals surface area contributed by atoms with Crippen LogP contribution in [0.15, 0.2) is 6.33 Å². The van der Waals surface area contributed by atoms with E-state index in [2.05, 4.69) is 20.1 Å². The van der Waals surface area contributed by atoms with Gasteiger partial charge in [0.05, 0.1) is 7.11 Å². The standard InChI is InChI=1S/C9H10ClN5O/c1-5-13-6(2)15(14-5)9-7(16-3)8(10)11-4-12-9/h4H,1-3H3. The zero-order chi connectivity index (χ0) is 11.7. The number of aryl methyl sites for hydroxylation is 2. The van der Waals surface area contributed by atoms with Gasteiger partial charge in [-0.1, -0.05) is 11.6 Å². The van der Waals surface area contributed by atoms with E-state index in [9.17, 15) is 0 Å². The summed E-state index contributed by atoms with van der Waals surface area (Å²) in [5.41, 5.74) is 0. The van der Waals surface area contributed by atoms with E-state index < -0.39 is 0 Å². The summed E-state index contributed by atoms with van der Waals surface area (Å²) in [5, 5.41) is 4.46. The first-order valence-corrected chi connectivity index (χ1v) is 4.96. The van der Waals surface area contributed by atoms with Gasteiger partial charge in [-0.2, -0.15) is 4.68 Å². The third-order valence-corrected chi connectivity index (χ3v) is 2.29. The maximum atomic E-state index is 5.90. The van der Waals surface area contributed by atoms with Gasteiger partial charge in [0.2, 0.25) is 11.6 Å². The molecular formula is C9H10ClN5O. The molecule has 0 bridgehead atoms. The first kappa shape index (κ1) is 10.8. The molecule has 0 amide bonds. The zero-order valence-electron chi connectivity index (χ0n) is 9.10. The van der Waals surface area contributed by atoms with Crippen LogP contribution in [0.25, 0.3) is 5.82 Å². The predicted octanol–water partition coefficient (Wildman–Crippen LogP) is 1.34. The Hall–Kier alpha value is -1.69. The summed E-state index contributed by atoms with van der Waals surface area (Å²) in [5.74, 6) is 2.25. The first-order chi connectivity index (χ1) is 7.63. The quantitative estimate of drug-likeness (QED) is 0.740. The lowest BCUT2D eigenvalue weighted by atomic mass is 10.5. The average Bonchev–Trinajstić information content (AvgIpc) is 2.57. The predicted molar refractivity (Wildman–Crippen MR) is 58.0 cm³/mol. The monoisotopic (exact) mass is 239 g/mol. The summed E-state index contributed by atoms with van der Waals surface area (Å²) in [4.78, 5) is 12.1. The van der Waals surface area contributed by atoms with Crippen LogP contribution in [0.5, 0.6) is 5.75 Å². The molecule has 0 aliphatic heterocycles. The highest BCUT2D eigenvalue weighted by atomic mass is 35.5. The number of halogens is 1. The minimum absolute atomic E-state index is 0.250. The fourth-order valence-electron chi connectivity index (χ4n) is 1.39. The van der Waals surface area contributed by atoms with Crippen molar-refractivity contribution in [2.24, 2.45) is 0 Å². The molecule has 0 aliphatic rings. The van der Waals surface area contributed by atoms with Crippen LogP contribution in [0.2, 0.25) is 5.15 Å². The van der Waals surface area contributed by atoms with Crippen LogP contribution in [0, 0.1) is 13.8 Å². The Balaban J connectivity index is 2.64. The molecule has 0 saturated carbocycles. The Morgan fingerprint density at radius 2 is 2.06 bits per heavy atom. The average molecular weight is 240 g/mol. The molecule has 2 aromatic heterocycles. The molecule has 7 heteroatoms. The lowest BCUT2D eigenvalue weighted by Gasteiger charge is -2.08. The Bertz CT molecular complexity index is 525. The van der Waals surface area contributed by atoms with Gasteiger partial charge in [-0.05, 0) is 13.8 Å². The van der Waals surface area contributed by atoms with Crippen molar-refractivity contribution in [3.63, 3.8) is 0 Å². The van der Waals surface area contributed by atoms with E-state index in [0.29, 0.717) is 23.2 Å². The number of hydrogen-bond donors (Lipinski definition) is 0. The van der Waals surface area contributed by atoms with Crippen LogP contribution in [0.4, 0.5) is 0 Å². The third kappa shape index (κ3) is 1.71. The largest absolute Gasteiger partial charge is 0.490 e. The SMILES string of the molecule is COc1c(Cl)ncnc1-n1nc(C)nc1C. The smallest absolute Gasteiger partial charge is 0.202 e. The zero-order valence-corrected chi connectivity index (χ0v) is 9.86. The van der Waals surface area contributed by atoms with Crippen LogP contribution in [0.1, 0.15) is 11.6 Å². The normalized spacial score (nSPS) is 10.5. The van der Waals surface area contributed by atoms with E-state index >= 15 is 0 Å². The minimum Gasteiger partial charge on any atom is -0.490 e. The Labute approximate surface area is 97.3 Å². The Morgan fingerprint density at radius 3 is 2.62 bits per heavy atom. The van der Waals surface area contributed by atoms with E-state index in [-0.39, 0.29) is 5.15 Å². The summed E-state index contributed by atoms with van der Waals surface area (Å²) in [6, 6.07) is 0. The molecule has 0 aromatic carbocycles. The van der Waals surface area contributed by atoms with Gasteiger partial charge >= 0.3 is 0 Å². The topological polar surface area (TPSA) is 65.7 Å². The third-order valence-electron chi connectivity index (χ3n) is 2.02. The van der Waals surface area contributed by atoms with E-state index in [1.165, 1.54) is 13.4 Å². The molecule has 0 spiro atoms. The molecule has 2 aromatic rings. The highest BCUT2D eigenvalue weighted by Gasteiger charge is 2.15. The Morgan fingerprint density at radius 1 is 1.31 bits per heavy atom. The molecule has 6 nitrogen and oxygen atoms in total. The second kappa shape index (κ2) is 4.05. The highest BCUT2D eigenvalue weighted by molar-refractivity contribution is 6.31. The van der Waals surface area contributed by atoms with E-state index in [1.807, 2.05) is 6.92 Å². The van der Waals surface area contributed by atoms with Crippen molar-refractivity contribution in [2.45, 2.75) is 13.8 Å². The molecule has 0 unspecified atom stereocenters. The van der Waals surface area contributed by atoms with Crippen molar-refractivity contribution in [1.82, 2.24) is 24.7 Å². The summed E-state index contributed by atoms with van der Waals surface area (Å²) in [6.07, 6.45) is 1.36. The summed E-state index contributed by atoms with van der Waals surface area (Å²) in [7, 11) is 1.51. The van der Waals surface area contributed by atoms with Crippen molar-refractivity contribution < 1.29 is 4.74 Å². The molecule has 0 atom stereocenters. The van der Waals surface area contributed by atoms with Gasteiger partial charge in [-0.15, -0.1) is 5.10 Å². The van der Waals surface area contributed by atoms with Crippen molar-refractivity contribution in [3.8, 4) is 11.6 Å². The second-order valence-corrected chi connectivity index (χ2v) is 3.50. The number of rotatable bonds is 2. The van der Waals surface area contributed by atoms with Crippen molar-refractivity contribution in [3.05, 3.63) is 23.1 Å². The van der Waals surface area contributed by atoms with Crippen LogP contribution in [0.3, 0.4) is 0 Å². The summed E-state index contributed by atoms with van der Waals surface area (Å²) >= 11 is 5.90. The maximum absolute atomic E-state index is 5.90. The van der Waals surface area contributed by atoms with Crippen molar-refractivity contribution >= 4 is 11.6 Å². The lowest BCUT2D eigenvalue weighted by molar-refractivity contribution is 0.407. The molecular weight excluding hydrogens is 230 g/mol. The lowest BCUT2D eigenvalue weighted by Crippen LogP contribution is -2.06. The second-order valence-electron chi connectivity index (χ2n) is 3.14. The molecule has 2 heterocycles. The molecule has 0 saturated heterocycles. The van der Waals surface area contributed by atoms with E-state index in [0.717, 1.165) is 0 Å². The fraction of sp³-hybridized carbons (Fsp3) is 0.333. The molecule has 0 N–H and O–H groups in total. The van der Waals surface area contributed by atoms with E-state index in [4.69, 9.17) is 16.3 Å². The molecule has 0 aliphatic carbocycles. The number of methoxy groups -OCH3 is 1. The number of hydrogen-bond acceptors (Lipinski definition) is 5. The Kier molecular flexibility index (Phi) is 2.74. The number of nitrogens with zero attached hydrogens (tertiary/aromatic N) is 5. The van der Waals surface area contributed by atoms with Gasteiger partial charge in [0.25, 0.3) is 0 Å². The first-order valence-electron chi connectivity index (χ1n) is 4.58. The molecule has 0 fully saturated rings. The van der Waals surface area contributed by atoms with Gasteiger partial charge < -0.3 is 4.74 Å². The molecule has 84 valence electrons. The van der Waals surface area contributed by atoms with Crippen molar-refractivity contribution in [2.75, 3.05) is 7.11 Å². The van der Waals surface area contributed by atoms with Gasteiger partial charge in [-0.3, -0.25) is 0 Å². The van der Waals surface area contributed by atoms with Gasteiger partial charge in [0.1, 0.15) is 18.0 Å². The van der Waals surface area contributed by atoms with Gasteiger partial charge in [-0.25, -0.2) is 15.0 Å². The van der Waals surface area contributed by atoms with Crippen molar-refractivity contribution in [1.29, 1.82) is 0 Å². The van der Waals surface area contributed by atoms with Crippen LogP contribution in [-0.4, -0.2) is 31.8 Å². The minimum atomic E-state index is 0.250. The number of ether oxygens (including phenoxy) is 1. The van der Waals surface area contributed by atoms with Gasteiger partial charge in [0, 0.05) is 0 Å². The van der Waals surface area contributed by atoms with Crippen LogP contribution in [-0.2, 0) is 0 Å². The fourth-order valence-corrected chi connectivity index (χ4v) is 1.60. The summed E-state index contributed by atoms with van der Waals surface area (Å²) < 4.78 is 6.72.